The number of aryl methyl sites for hydroxylation is 1. The van der Waals surface area contributed by atoms with E-state index in [-0.39, 0.29) is 16.7 Å². The summed E-state index contributed by atoms with van der Waals surface area (Å²) < 4.78 is 27.3. The van der Waals surface area contributed by atoms with Crippen molar-refractivity contribution in [2.75, 3.05) is 0 Å². The van der Waals surface area contributed by atoms with E-state index in [4.69, 9.17) is 0 Å². The Bertz CT molecular complexity index is 603. The Hall–Kier alpha value is -1.90. The molecule has 2 rings (SSSR count). The van der Waals surface area contributed by atoms with Crippen LogP contribution in [0.5, 0.6) is 5.75 Å². The van der Waals surface area contributed by atoms with Gasteiger partial charge in [0.15, 0.2) is 0 Å². The molecule has 0 bridgehead atoms. The average molecular weight is 234 g/mol. The quantitative estimate of drug-likeness (QED) is 0.831. The maximum Gasteiger partial charge on any atom is 0.134 e. The summed E-state index contributed by atoms with van der Waals surface area (Å²) in [6.07, 6.45) is 1.95. The van der Waals surface area contributed by atoms with Crippen LogP contribution in [0.3, 0.4) is 0 Å². The normalized spacial score (nSPS) is 10.8. The molecular formula is C14H12F2O. The fourth-order valence-corrected chi connectivity index (χ4v) is 2.06. The van der Waals surface area contributed by atoms with Crippen molar-refractivity contribution in [3.05, 3.63) is 47.5 Å². The predicted molar refractivity (Wildman–Crippen MR) is 65.0 cm³/mol. The molecule has 0 amide bonds. The molecule has 0 unspecified atom stereocenters. The molecule has 0 saturated carbocycles. The summed E-state index contributed by atoms with van der Waals surface area (Å²) >= 11 is 0. The molecule has 88 valence electrons. The molecule has 1 N–H and O–H groups in total. The third-order valence-corrected chi connectivity index (χ3v) is 2.83. The zero-order valence-electron chi connectivity index (χ0n) is 9.43. The number of phenolic OH excluding ortho intramolecular Hbond substituents is 1. The maximum absolute atomic E-state index is 13.7. The first-order valence-electron chi connectivity index (χ1n) is 5.34. The van der Waals surface area contributed by atoms with Crippen LogP contribution in [0.25, 0.3) is 16.8 Å². The second kappa shape index (κ2) is 4.17. The number of hydrogen-bond donors (Lipinski definition) is 1. The molecule has 2 aromatic rings. The van der Waals surface area contributed by atoms with Crippen LogP contribution in [-0.4, -0.2) is 5.11 Å². The molecule has 0 atom stereocenters. The van der Waals surface area contributed by atoms with Gasteiger partial charge in [0.05, 0.1) is 0 Å². The second-order valence-corrected chi connectivity index (χ2v) is 3.84. The molecule has 0 spiro atoms. The molecule has 1 nitrogen and oxygen atoms in total. The van der Waals surface area contributed by atoms with Gasteiger partial charge in [0, 0.05) is 17.0 Å². The Labute approximate surface area is 98.0 Å². The summed E-state index contributed by atoms with van der Waals surface area (Å²) in [4.78, 5) is 0. The predicted octanol–water partition coefficient (Wildman–Crippen LogP) is 4.03. The third-order valence-electron chi connectivity index (χ3n) is 2.83. The molecule has 0 heterocycles. The number of halogens is 2. The van der Waals surface area contributed by atoms with Crippen LogP contribution in [0, 0.1) is 11.6 Å². The highest BCUT2D eigenvalue weighted by Crippen LogP contribution is 2.32. The zero-order valence-corrected chi connectivity index (χ0v) is 9.43. The zero-order chi connectivity index (χ0) is 12.6. The Kier molecular flexibility index (Phi) is 2.84. The Morgan fingerprint density at radius 3 is 2.53 bits per heavy atom. The van der Waals surface area contributed by atoms with E-state index in [2.05, 4.69) is 6.58 Å². The molecule has 0 fully saturated rings. The molecule has 0 saturated heterocycles. The van der Waals surface area contributed by atoms with Crippen molar-refractivity contribution in [1.29, 1.82) is 0 Å². The number of fused-ring (bicyclic) bond motifs is 1. The number of phenols is 1. The summed E-state index contributed by atoms with van der Waals surface area (Å²) in [5.74, 6) is -1.33. The monoisotopic (exact) mass is 234 g/mol. The minimum atomic E-state index is -0.672. The lowest BCUT2D eigenvalue weighted by Gasteiger charge is -2.11. The first kappa shape index (κ1) is 11.6. The maximum atomic E-state index is 13.7. The largest absolute Gasteiger partial charge is 0.508 e. The standard InChI is InChI=1S/C14H12F2O/c1-3-8-5-9(17)6-11-13(16)7-12(15)10(4-2)14(8)11/h4-7,17H,2-3H2,1H3. The van der Waals surface area contributed by atoms with Gasteiger partial charge < -0.3 is 5.11 Å². The van der Waals surface area contributed by atoms with Crippen LogP contribution >= 0.6 is 0 Å². The molecule has 0 radical (unpaired) electrons. The van der Waals surface area contributed by atoms with E-state index in [0.29, 0.717) is 17.4 Å². The molecule has 0 aromatic heterocycles. The lowest BCUT2D eigenvalue weighted by Crippen LogP contribution is -1.94. The van der Waals surface area contributed by atoms with Gasteiger partial charge in [0.2, 0.25) is 0 Å². The minimum absolute atomic E-state index is 0.0186. The number of benzene rings is 2. The number of aromatic hydroxyl groups is 1. The third kappa shape index (κ3) is 1.78. The Morgan fingerprint density at radius 2 is 1.94 bits per heavy atom. The fourth-order valence-electron chi connectivity index (χ4n) is 2.06. The van der Waals surface area contributed by atoms with Crippen LogP contribution in [0.4, 0.5) is 8.78 Å². The van der Waals surface area contributed by atoms with Crippen LogP contribution in [0.1, 0.15) is 18.1 Å². The van der Waals surface area contributed by atoms with Crippen molar-refractivity contribution in [1.82, 2.24) is 0 Å². The lowest BCUT2D eigenvalue weighted by molar-refractivity contribution is 0.475. The van der Waals surface area contributed by atoms with Crippen molar-refractivity contribution < 1.29 is 13.9 Å². The highest BCUT2D eigenvalue weighted by Gasteiger charge is 2.14. The topological polar surface area (TPSA) is 20.2 Å². The number of hydrogen-bond acceptors (Lipinski definition) is 1. The fraction of sp³-hybridized carbons (Fsp3) is 0.143. The van der Waals surface area contributed by atoms with E-state index in [1.165, 1.54) is 18.2 Å². The molecule has 0 aliphatic carbocycles. The van der Waals surface area contributed by atoms with Crippen LogP contribution in [0.2, 0.25) is 0 Å². The van der Waals surface area contributed by atoms with Crippen molar-refractivity contribution in [3.8, 4) is 5.75 Å². The van der Waals surface area contributed by atoms with E-state index in [9.17, 15) is 13.9 Å². The first-order valence-corrected chi connectivity index (χ1v) is 5.34. The molecule has 17 heavy (non-hydrogen) atoms. The second-order valence-electron chi connectivity index (χ2n) is 3.84. The summed E-state index contributed by atoms with van der Waals surface area (Å²) in [7, 11) is 0. The summed E-state index contributed by atoms with van der Waals surface area (Å²) in [6.45, 7) is 5.41. The highest BCUT2D eigenvalue weighted by atomic mass is 19.1. The minimum Gasteiger partial charge on any atom is -0.508 e. The Balaban J connectivity index is 3.03. The van der Waals surface area contributed by atoms with Gasteiger partial charge in [0.25, 0.3) is 0 Å². The summed E-state index contributed by atoms with van der Waals surface area (Å²) in [6, 6.07) is 3.64. The van der Waals surface area contributed by atoms with Crippen molar-refractivity contribution in [3.63, 3.8) is 0 Å². The van der Waals surface area contributed by atoms with Gasteiger partial charge in [-0.2, -0.15) is 0 Å². The smallest absolute Gasteiger partial charge is 0.134 e. The highest BCUT2D eigenvalue weighted by molar-refractivity contribution is 5.94. The number of rotatable bonds is 2. The van der Waals surface area contributed by atoms with Crippen molar-refractivity contribution in [2.45, 2.75) is 13.3 Å². The molecule has 2 aromatic carbocycles. The van der Waals surface area contributed by atoms with Gasteiger partial charge in [-0.25, -0.2) is 8.78 Å². The molecule has 3 heteroatoms. The van der Waals surface area contributed by atoms with Gasteiger partial charge in [-0.05, 0) is 29.5 Å². The summed E-state index contributed by atoms with van der Waals surface area (Å²) in [5, 5.41) is 10.2. The van der Waals surface area contributed by atoms with Gasteiger partial charge in [-0.1, -0.05) is 19.6 Å². The van der Waals surface area contributed by atoms with E-state index in [1.807, 2.05) is 6.92 Å². The first-order chi connectivity index (χ1) is 8.08. The SMILES string of the molecule is C=Cc1c(F)cc(F)c2cc(O)cc(CC)c12. The van der Waals surface area contributed by atoms with Crippen LogP contribution < -0.4 is 0 Å². The van der Waals surface area contributed by atoms with Gasteiger partial charge in [-0.15, -0.1) is 0 Å². The van der Waals surface area contributed by atoms with E-state index >= 15 is 0 Å². The molecule has 0 aliphatic rings. The average Bonchev–Trinajstić information content (AvgIpc) is 2.29. The van der Waals surface area contributed by atoms with E-state index in [1.54, 1.807) is 0 Å². The van der Waals surface area contributed by atoms with Gasteiger partial charge in [-0.3, -0.25) is 0 Å². The van der Waals surface area contributed by atoms with Gasteiger partial charge >= 0.3 is 0 Å². The lowest BCUT2D eigenvalue weighted by atomic mass is 9.96. The Morgan fingerprint density at radius 1 is 1.24 bits per heavy atom. The molecular weight excluding hydrogens is 222 g/mol. The molecule has 0 aliphatic heterocycles. The van der Waals surface area contributed by atoms with Crippen LogP contribution in [-0.2, 0) is 6.42 Å². The van der Waals surface area contributed by atoms with Crippen LogP contribution in [0.15, 0.2) is 24.8 Å². The van der Waals surface area contributed by atoms with E-state index < -0.39 is 11.6 Å². The van der Waals surface area contributed by atoms with Gasteiger partial charge in [0.1, 0.15) is 17.4 Å². The van der Waals surface area contributed by atoms with Crippen molar-refractivity contribution in [2.24, 2.45) is 0 Å². The van der Waals surface area contributed by atoms with E-state index in [0.717, 1.165) is 6.07 Å². The van der Waals surface area contributed by atoms with Crippen molar-refractivity contribution >= 4 is 16.8 Å². The summed E-state index contributed by atoms with van der Waals surface area (Å²) in [5.41, 5.74) is 0.978.